The zero-order valence-electron chi connectivity index (χ0n) is 32.1. The van der Waals surface area contributed by atoms with Crippen molar-refractivity contribution in [1.82, 2.24) is 9.80 Å². The summed E-state index contributed by atoms with van der Waals surface area (Å²) in [5.41, 5.74) is 0. The van der Waals surface area contributed by atoms with Crippen molar-refractivity contribution in [3.8, 4) is 0 Å². The Bertz CT molecular complexity index is 811. The number of ketones is 1. The van der Waals surface area contributed by atoms with Crippen LogP contribution in [-0.4, -0.2) is 115 Å². The standard InChI is InChI=1S/C20H39NO4.C17H33NO5.CH4/c1-7-8-9-10-11-12-24-13-14-25-20(23)15-19(18(6)22)21(16(2)3)17(4)5;1-4-7-8-9-10-11-22-12-13-23-16(19)14-15(17(20)21)18(5-2)6-3;/h16-17,19H,7-15H2,1-6H3;15H,4-14H2,1-3H3,(H,20,21);1H4. The van der Waals surface area contributed by atoms with Gasteiger partial charge >= 0.3 is 17.9 Å². The third-order valence-electron chi connectivity index (χ3n) is 8.05. The molecule has 0 fully saturated rings. The van der Waals surface area contributed by atoms with Gasteiger partial charge in [0.25, 0.3) is 0 Å². The van der Waals surface area contributed by atoms with Gasteiger partial charge in [-0.05, 0) is 60.5 Å². The average Bonchev–Trinajstić information content (AvgIpc) is 3.02. The van der Waals surface area contributed by atoms with Gasteiger partial charge in [-0.1, -0.05) is 86.5 Å². The molecule has 11 nitrogen and oxygen atoms in total. The smallest absolute Gasteiger partial charge is 0.321 e. The molecule has 0 aromatic rings. The van der Waals surface area contributed by atoms with Crippen LogP contribution in [-0.2, 0) is 38.1 Å². The molecule has 0 heterocycles. The molecule has 0 aliphatic rings. The molecule has 11 heteroatoms. The second-order valence-corrected chi connectivity index (χ2v) is 12.7. The molecule has 0 radical (unpaired) electrons. The van der Waals surface area contributed by atoms with Crippen molar-refractivity contribution >= 4 is 23.7 Å². The van der Waals surface area contributed by atoms with Gasteiger partial charge in [0.2, 0.25) is 0 Å². The van der Waals surface area contributed by atoms with Crippen LogP contribution in [0.3, 0.4) is 0 Å². The Morgan fingerprint density at radius 3 is 1.29 bits per heavy atom. The number of carboxylic acids is 1. The van der Waals surface area contributed by atoms with Crippen molar-refractivity contribution in [3.63, 3.8) is 0 Å². The molecule has 0 rings (SSSR count). The van der Waals surface area contributed by atoms with E-state index in [1.807, 2.05) is 41.5 Å². The largest absolute Gasteiger partial charge is 0.480 e. The number of likely N-dealkylation sites (N-methyl/N-ethyl adjacent to an activating group) is 1. The van der Waals surface area contributed by atoms with Gasteiger partial charge in [-0.3, -0.25) is 29.0 Å². The highest BCUT2D eigenvalue weighted by molar-refractivity contribution is 5.86. The molecule has 1 N–H and O–H groups in total. The first kappa shape index (κ1) is 51.3. The van der Waals surface area contributed by atoms with Crippen LogP contribution in [0.15, 0.2) is 0 Å². The number of carbonyl (C=O) groups is 4. The zero-order chi connectivity index (χ0) is 36.7. The summed E-state index contributed by atoms with van der Waals surface area (Å²) >= 11 is 0. The molecule has 0 saturated carbocycles. The highest BCUT2D eigenvalue weighted by Gasteiger charge is 2.30. The van der Waals surface area contributed by atoms with Gasteiger partial charge in [0, 0.05) is 25.3 Å². The Hall–Kier alpha value is -2.08. The summed E-state index contributed by atoms with van der Waals surface area (Å²) in [5, 5.41) is 9.21. The van der Waals surface area contributed by atoms with Crippen LogP contribution in [0.1, 0.15) is 147 Å². The second-order valence-electron chi connectivity index (χ2n) is 12.7. The van der Waals surface area contributed by atoms with Gasteiger partial charge in [-0.15, -0.1) is 0 Å². The van der Waals surface area contributed by atoms with Crippen LogP contribution in [0, 0.1) is 0 Å². The molecule has 0 aliphatic carbocycles. The maximum absolute atomic E-state index is 12.1. The van der Waals surface area contributed by atoms with E-state index in [1.165, 1.54) is 51.9 Å². The van der Waals surface area contributed by atoms with Gasteiger partial charge in [0.1, 0.15) is 25.0 Å². The van der Waals surface area contributed by atoms with E-state index in [0.717, 1.165) is 19.3 Å². The van der Waals surface area contributed by atoms with Crippen LogP contribution in [0.2, 0.25) is 0 Å². The lowest BCUT2D eigenvalue weighted by Gasteiger charge is -2.36. The Morgan fingerprint density at radius 2 is 0.959 bits per heavy atom. The van der Waals surface area contributed by atoms with E-state index in [1.54, 1.807) is 4.90 Å². The number of carbonyl (C=O) groups excluding carboxylic acids is 3. The number of aliphatic carboxylic acids is 1. The Kier molecular flexibility index (Phi) is 36.0. The first-order chi connectivity index (χ1) is 22.9. The highest BCUT2D eigenvalue weighted by atomic mass is 16.6. The molecule has 49 heavy (non-hydrogen) atoms. The number of carboxylic acid groups (broad SMARTS) is 1. The minimum Gasteiger partial charge on any atom is -0.480 e. The van der Waals surface area contributed by atoms with Gasteiger partial charge in [-0.25, -0.2) is 0 Å². The maximum Gasteiger partial charge on any atom is 0.321 e. The van der Waals surface area contributed by atoms with Gasteiger partial charge in [0.05, 0.1) is 32.1 Å². The van der Waals surface area contributed by atoms with Crippen LogP contribution < -0.4 is 0 Å². The molecular weight excluding hydrogens is 628 g/mol. The molecule has 0 aromatic heterocycles. The summed E-state index contributed by atoms with van der Waals surface area (Å²) in [4.78, 5) is 50.8. The normalized spacial score (nSPS) is 12.3. The fourth-order valence-corrected chi connectivity index (χ4v) is 5.49. The first-order valence-electron chi connectivity index (χ1n) is 18.6. The third-order valence-corrected chi connectivity index (χ3v) is 8.05. The van der Waals surface area contributed by atoms with E-state index in [-0.39, 0.29) is 57.3 Å². The number of Topliss-reactive ketones (excluding diaryl/α,β-unsaturated/α-hetero) is 1. The van der Waals surface area contributed by atoms with Crippen molar-refractivity contribution in [2.45, 2.75) is 171 Å². The fraction of sp³-hybridized carbons (Fsp3) is 0.895. The Balaban J connectivity index is -0.000000849. The molecular formula is C38H76N2O9. The molecule has 0 bridgehead atoms. The van der Waals surface area contributed by atoms with Crippen molar-refractivity contribution < 1.29 is 43.2 Å². The SMILES string of the molecule is C.CCCCCCCOCCOC(=O)CC(C(=O)O)N(CC)CC.CCCCCCCOCCOC(=O)CC(C(C)=O)N(C(C)C)C(C)C. The van der Waals surface area contributed by atoms with Gasteiger partial charge < -0.3 is 24.1 Å². The maximum atomic E-state index is 12.1. The highest BCUT2D eigenvalue weighted by Crippen LogP contribution is 2.15. The number of hydrogen-bond donors (Lipinski definition) is 1. The molecule has 292 valence electrons. The Morgan fingerprint density at radius 1 is 0.571 bits per heavy atom. The summed E-state index contributed by atoms with van der Waals surface area (Å²) in [5.74, 6) is -1.81. The summed E-state index contributed by atoms with van der Waals surface area (Å²) in [6.07, 6.45) is 11.9. The number of unbranched alkanes of at least 4 members (excludes halogenated alkanes) is 8. The lowest BCUT2D eigenvalue weighted by molar-refractivity contribution is -0.153. The van der Waals surface area contributed by atoms with Gasteiger partial charge in [0.15, 0.2) is 0 Å². The topological polar surface area (TPSA) is 132 Å². The van der Waals surface area contributed by atoms with Crippen LogP contribution in [0.5, 0.6) is 0 Å². The minimum absolute atomic E-state index is 0. The molecule has 2 unspecified atom stereocenters. The summed E-state index contributed by atoms with van der Waals surface area (Å²) in [6.45, 7) is 21.6. The lowest BCUT2D eigenvalue weighted by atomic mass is 10.0. The molecule has 0 aliphatic heterocycles. The van der Waals surface area contributed by atoms with Crippen molar-refractivity contribution in [1.29, 1.82) is 0 Å². The molecule has 0 amide bonds. The zero-order valence-corrected chi connectivity index (χ0v) is 32.1. The monoisotopic (exact) mass is 705 g/mol. The number of rotatable bonds is 30. The molecule has 0 saturated heterocycles. The van der Waals surface area contributed by atoms with E-state index in [4.69, 9.17) is 18.9 Å². The van der Waals surface area contributed by atoms with Crippen LogP contribution >= 0.6 is 0 Å². The Labute approximate surface area is 300 Å². The first-order valence-corrected chi connectivity index (χ1v) is 18.6. The van der Waals surface area contributed by atoms with E-state index in [0.29, 0.717) is 39.5 Å². The summed E-state index contributed by atoms with van der Waals surface area (Å²) < 4.78 is 21.2. The van der Waals surface area contributed by atoms with E-state index in [9.17, 15) is 24.3 Å². The van der Waals surface area contributed by atoms with E-state index in [2.05, 4.69) is 18.7 Å². The lowest BCUT2D eigenvalue weighted by Crippen LogP contribution is -2.49. The molecule has 0 aromatic carbocycles. The van der Waals surface area contributed by atoms with Crippen LogP contribution in [0.25, 0.3) is 0 Å². The van der Waals surface area contributed by atoms with Gasteiger partial charge in [-0.2, -0.15) is 0 Å². The predicted molar refractivity (Wildman–Crippen MR) is 198 cm³/mol. The van der Waals surface area contributed by atoms with E-state index >= 15 is 0 Å². The average molecular weight is 705 g/mol. The minimum atomic E-state index is -0.992. The quantitative estimate of drug-likeness (QED) is 0.0596. The van der Waals surface area contributed by atoms with Crippen molar-refractivity contribution in [3.05, 3.63) is 0 Å². The third kappa shape index (κ3) is 28.3. The van der Waals surface area contributed by atoms with Crippen molar-refractivity contribution in [2.75, 3.05) is 52.7 Å². The van der Waals surface area contributed by atoms with E-state index < -0.39 is 24.0 Å². The number of esters is 2. The predicted octanol–water partition coefficient (Wildman–Crippen LogP) is 7.32. The number of nitrogens with zero attached hydrogens (tertiary/aromatic N) is 2. The number of ether oxygens (including phenoxy) is 4. The molecule has 2 atom stereocenters. The van der Waals surface area contributed by atoms with Crippen molar-refractivity contribution in [2.24, 2.45) is 0 Å². The molecule has 0 spiro atoms. The van der Waals surface area contributed by atoms with Crippen LogP contribution in [0.4, 0.5) is 0 Å². The number of hydrogen-bond acceptors (Lipinski definition) is 10. The second kappa shape index (κ2) is 34.4. The summed E-state index contributed by atoms with van der Waals surface area (Å²) in [6, 6.07) is -0.862. The fourth-order valence-electron chi connectivity index (χ4n) is 5.49. The summed E-state index contributed by atoms with van der Waals surface area (Å²) in [7, 11) is 0.